The quantitative estimate of drug-likeness (QED) is 0.772. The maximum absolute atomic E-state index is 13.3. The van der Waals surface area contributed by atoms with Crippen LogP contribution >= 0.6 is 27.5 Å². The van der Waals surface area contributed by atoms with Crippen molar-refractivity contribution in [2.75, 3.05) is 0 Å². The Balaban J connectivity index is 1.74. The minimum Gasteiger partial charge on any atom is -0.455 e. The van der Waals surface area contributed by atoms with Crippen LogP contribution in [-0.4, -0.2) is 6.04 Å². The average Bonchev–Trinajstić information content (AvgIpc) is 3.27. The van der Waals surface area contributed by atoms with Crippen molar-refractivity contribution in [1.29, 1.82) is 0 Å². The lowest BCUT2D eigenvalue weighted by Gasteiger charge is -2.11. The van der Waals surface area contributed by atoms with Crippen LogP contribution in [0.4, 0.5) is 4.39 Å². The van der Waals surface area contributed by atoms with Crippen LogP contribution in [0.3, 0.4) is 0 Å². The minimum absolute atomic E-state index is 0.352. The predicted octanol–water partition coefficient (Wildman–Crippen LogP) is 5.29. The van der Waals surface area contributed by atoms with Gasteiger partial charge in [0.2, 0.25) is 0 Å². The molecule has 0 unspecified atom stereocenters. The summed E-state index contributed by atoms with van der Waals surface area (Å²) >= 11 is 9.57. The van der Waals surface area contributed by atoms with E-state index >= 15 is 0 Å². The summed E-state index contributed by atoms with van der Waals surface area (Å²) in [6.45, 7) is 0.800. The fourth-order valence-corrected chi connectivity index (χ4v) is 2.53. The number of ether oxygens (including phenoxy) is 1. The highest BCUT2D eigenvalue weighted by Crippen LogP contribution is 2.34. The zero-order chi connectivity index (χ0) is 14.8. The van der Waals surface area contributed by atoms with Gasteiger partial charge in [0, 0.05) is 18.7 Å². The number of rotatable bonds is 5. The number of benzene rings is 2. The Morgan fingerprint density at radius 1 is 1.19 bits per heavy atom. The van der Waals surface area contributed by atoms with Gasteiger partial charge in [-0.1, -0.05) is 17.7 Å². The fraction of sp³-hybridized carbons (Fsp3) is 0.250. The molecule has 0 heterocycles. The van der Waals surface area contributed by atoms with Gasteiger partial charge < -0.3 is 10.1 Å². The molecule has 21 heavy (non-hydrogen) atoms. The van der Waals surface area contributed by atoms with Crippen molar-refractivity contribution < 1.29 is 9.13 Å². The van der Waals surface area contributed by atoms with Crippen molar-refractivity contribution in [3.63, 3.8) is 0 Å². The molecule has 110 valence electrons. The fourth-order valence-electron chi connectivity index (χ4n) is 1.96. The number of nitrogens with one attached hydrogen (secondary N) is 1. The largest absolute Gasteiger partial charge is 0.455 e. The Morgan fingerprint density at radius 3 is 2.71 bits per heavy atom. The Labute approximate surface area is 136 Å². The van der Waals surface area contributed by atoms with Gasteiger partial charge in [-0.2, -0.15) is 0 Å². The van der Waals surface area contributed by atoms with Crippen LogP contribution in [0, 0.1) is 5.82 Å². The van der Waals surface area contributed by atoms with Gasteiger partial charge >= 0.3 is 0 Å². The first-order chi connectivity index (χ1) is 10.1. The molecular formula is C16H14BrClFNO. The monoisotopic (exact) mass is 369 g/mol. The zero-order valence-electron chi connectivity index (χ0n) is 11.2. The number of hydrogen-bond acceptors (Lipinski definition) is 2. The van der Waals surface area contributed by atoms with E-state index in [0.29, 0.717) is 27.0 Å². The van der Waals surface area contributed by atoms with Crippen molar-refractivity contribution in [2.45, 2.75) is 25.4 Å². The predicted molar refractivity (Wildman–Crippen MR) is 85.5 cm³/mol. The summed E-state index contributed by atoms with van der Waals surface area (Å²) in [4.78, 5) is 0. The Kier molecular flexibility index (Phi) is 4.48. The third-order valence-corrected chi connectivity index (χ3v) is 4.23. The summed E-state index contributed by atoms with van der Waals surface area (Å²) < 4.78 is 19.6. The second-order valence-corrected chi connectivity index (χ2v) is 6.36. The maximum Gasteiger partial charge on any atom is 0.146 e. The van der Waals surface area contributed by atoms with E-state index in [2.05, 4.69) is 21.2 Å². The van der Waals surface area contributed by atoms with Gasteiger partial charge in [0.15, 0.2) is 0 Å². The second kappa shape index (κ2) is 6.34. The highest BCUT2D eigenvalue weighted by atomic mass is 79.9. The Hall–Kier alpha value is -1.10. The first kappa shape index (κ1) is 14.8. The molecule has 0 spiro atoms. The third-order valence-electron chi connectivity index (χ3n) is 3.28. The Morgan fingerprint density at radius 2 is 2.00 bits per heavy atom. The topological polar surface area (TPSA) is 21.3 Å². The van der Waals surface area contributed by atoms with E-state index in [1.807, 2.05) is 18.2 Å². The third kappa shape index (κ3) is 3.96. The smallest absolute Gasteiger partial charge is 0.146 e. The molecule has 2 aromatic rings. The average molecular weight is 371 g/mol. The van der Waals surface area contributed by atoms with Gasteiger partial charge in [0.1, 0.15) is 17.3 Å². The molecule has 0 amide bonds. The van der Waals surface area contributed by atoms with Gasteiger partial charge in [0.25, 0.3) is 0 Å². The first-order valence-corrected chi connectivity index (χ1v) is 7.93. The van der Waals surface area contributed by atoms with E-state index < -0.39 is 0 Å². The molecule has 0 radical (unpaired) electrons. The summed E-state index contributed by atoms with van der Waals surface area (Å²) in [5.74, 6) is 0.563. The van der Waals surface area contributed by atoms with Crippen molar-refractivity contribution >= 4 is 27.5 Å². The van der Waals surface area contributed by atoms with Gasteiger partial charge in [0.05, 0.1) is 9.50 Å². The number of halogens is 3. The van der Waals surface area contributed by atoms with Crippen molar-refractivity contribution in [1.82, 2.24) is 5.32 Å². The molecule has 3 rings (SSSR count). The minimum atomic E-state index is -0.352. The molecule has 0 aromatic heterocycles. The van der Waals surface area contributed by atoms with Crippen molar-refractivity contribution in [3.8, 4) is 11.5 Å². The van der Waals surface area contributed by atoms with Crippen LogP contribution in [0.1, 0.15) is 18.4 Å². The van der Waals surface area contributed by atoms with Gasteiger partial charge in [-0.3, -0.25) is 0 Å². The van der Waals surface area contributed by atoms with Crippen molar-refractivity contribution in [3.05, 3.63) is 57.3 Å². The van der Waals surface area contributed by atoms with E-state index in [4.69, 9.17) is 16.3 Å². The molecule has 0 bridgehead atoms. The lowest BCUT2D eigenvalue weighted by Crippen LogP contribution is -2.15. The lowest BCUT2D eigenvalue weighted by molar-refractivity contribution is 0.473. The molecule has 1 saturated carbocycles. The molecule has 2 aromatic carbocycles. The Bertz CT molecular complexity index is 661. The van der Waals surface area contributed by atoms with E-state index in [9.17, 15) is 4.39 Å². The van der Waals surface area contributed by atoms with E-state index in [-0.39, 0.29) is 5.82 Å². The molecular weight excluding hydrogens is 357 g/mol. The zero-order valence-corrected chi connectivity index (χ0v) is 13.5. The summed E-state index contributed by atoms with van der Waals surface area (Å²) in [6.07, 6.45) is 2.51. The van der Waals surface area contributed by atoms with Crippen molar-refractivity contribution in [2.24, 2.45) is 0 Å². The van der Waals surface area contributed by atoms with Crippen LogP contribution in [-0.2, 0) is 6.54 Å². The molecule has 0 saturated heterocycles. The van der Waals surface area contributed by atoms with Gasteiger partial charge in [-0.25, -0.2) is 4.39 Å². The standard InChI is InChI=1S/C16H14BrClFNO/c17-13-5-2-11(19)8-16(13)21-15-6-1-10(7-14(15)18)9-20-12-3-4-12/h1-2,5-8,12,20H,3-4,9H2. The molecule has 1 aliphatic rings. The van der Waals surface area contributed by atoms with Gasteiger partial charge in [-0.05, 0) is 58.6 Å². The van der Waals surface area contributed by atoms with Crippen LogP contribution in [0.25, 0.3) is 0 Å². The maximum atomic E-state index is 13.3. The van der Waals surface area contributed by atoms with Crippen LogP contribution in [0.2, 0.25) is 5.02 Å². The summed E-state index contributed by atoms with van der Waals surface area (Å²) in [5, 5.41) is 3.94. The SMILES string of the molecule is Fc1ccc(Br)c(Oc2ccc(CNC3CC3)cc2Cl)c1. The van der Waals surface area contributed by atoms with Crippen LogP contribution < -0.4 is 10.1 Å². The van der Waals surface area contributed by atoms with E-state index in [1.165, 1.54) is 25.0 Å². The van der Waals surface area contributed by atoms with E-state index in [1.54, 1.807) is 6.07 Å². The molecule has 5 heteroatoms. The highest BCUT2D eigenvalue weighted by molar-refractivity contribution is 9.10. The van der Waals surface area contributed by atoms with E-state index in [0.717, 1.165) is 12.1 Å². The lowest BCUT2D eigenvalue weighted by atomic mass is 10.2. The van der Waals surface area contributed by atoms with Crippen LogP contribution in [0.5, 0.6) is 11.5 Å². The number of hydrogen-bond donors (Lipinski definition) is 1. The molecule has 0 aliphatic heterocycles. The molecule has 0 atom stereocenters. The molecule has 1 fully saturated rings. The summed E-state index contributed by atoms with van der Waals surface area (Å²) in [6, 6.07) is 10.6. The summed E-state index contributed by atoms with van der Waals surface area (Å²) in [7, 11) is 0. The first-order valence-electron chi connectivity index (χ1n) is 6.76. The molecule has 2 nitrogen and oxygen atoms in total. The summed E-state index contributed by atoms with van der Waals surface area (Å²) in [5.41, 5.74) is 1.11. The van der Waals surface area contributed by atoms with Crippen LogP contribution in [0.15, 0.2) is 40.9 Å². The molecule has 1 N–H and O–H groups in total. The molecule has 1 aliphatic carbocycles. The second-order valence-electron chi connectivity index (χ2n) is 5.10. The van der Waals surface area contributed by atoms with Gasteiger partial charge in [-0.15, -0.1) is 0 Å². The highest BCUT2D eigenvalue weighted by Gasteiger charge is 2.20. The normalized spacial score (nSPS) is 14.2.